The molecular formula is C13H10N2O3. The van der Waals surface area contributed by atoms with Crippen molar-refractivity contribution in [3.05, 3.63) is 54.6 Å². The van der Waals surface area contributed by atoms with Crippen LogP contribution in [0.25, 0.3) is 6.08 Å². The molecule has 0 amide bonds. The lowest BCUT2D eigenvalue weighted by atomic mass is 10.2. The van der Waals surface area contributed by atoms with E-state index in [1.165, 1.54) is 6.08 Å². The third kappa shape index (κ3) is 3.41. The first kappa shape index (κ1) is 11.8. The Hall–Kier alpha value is -2.69. The molecule has 0 fully saturated rings. The molecule has 2 heterocycles. The van der Waals surface area contributed by atoms with Gasteiger partial charge in [-0.3, -0.25) is 9.97 Å². The van der Waals surface area contributed by atoms with Gasteiger partial charge in [-0.25, -0.2) is 4.79 Å². The standard InChI is InChI=1S/C13H10N2O3/c16-13(17)4-3-10-6-12(9-15-7-10)18-11-2-1-5-14-8-11/h1-9H,(H,16,17)/b4-3+. The van der Waals surface area contributed by atoms with Crippen LogP contribution in [0.15, 0.2) is 49.1 Å². The van der Waals surface area contributed by atoms with E-state index >= 15 is 0 Å². The summed E-state index contributed by atoms with van der Waals surface area (Å²) in [5.74, 6) is 0.114. The molecular weight excluding hydrogens is 232 g/mol. The van der Waals surface area contributed by atoms with Gasteiger partial charge in [0.05, 0.1) is 12.4 Å². The molecule has 90 valence electrons. The number of aliphatic carboxylic acids is 1. The molecule has 5 heteroatoms. The SMILES string of the molecule is O=C(O)/C=C/c1cncc(Oc2cccnc2)c1. The number of nitrogens with zero attached hydrogens (tertiary/aromatic N) is 2. The number of carbonyl (C=O) groups is 1. The highest BCUT2D eigenvalue weighted by atomic mass is 16.5. The summed E-state index contributed by atoms with van der Waals surface area (Å²) in [5.41, 5.74) is 0.652. The molecule has 0 aliphatic carbocycles. The lowest BCUT2D eigenvalue weighted by Crippen LogP contribution is -1.88. The highest BCUT2D eigenvalue weighted by Gasteiger charge is 1.98. The van der Waals surface area contributed by atoms with Crippen LogP contribution in [0.1, 0.15) is 5.56 Å². The van der Waals surface area contributed by atoms with Gasteiger partial charge in [-0.1, -0.05) is 0 Å². The summed E-state index contributed by atoms with van der Waals surface area (Å²) in [4.78, 5) is 18.3. The third-order valence-electron chi connectivity index (χ3n) is 2.02. The summed E-state index contributed by atoms with van der Waals surface area (Å²) in [6, 6.07) is 5.23. The van der Waals surface area contributed by atoms with E-state index in [0.717, 1.165) is 6.08 Å². The Labute approximate surface area is 103 Å². The van der Waals surface area contributed by atoms with Crippen molar-refractivity contribution in [1.82, 2.24) is 9.97 Å². The fourth-order valence-electron chi connectivity index (χ4n) is 1.29. The van der Waals surface area contributed by atoms with E-state index < -0.39 is 5.97 Å². The molecule has 0 radical (unpaired) electrons. The molecule has 5 nitrogen and oxygen atoms in total. The van der Waals surface area contributed by atoms with Gasteiger partial charge in [-0.2, -0.15) is 0 Å². The first-order valence-corrected chi connectivity index (χ1v) is 5.18. The van der Waals surface area contributed by atoms with Gasteiger partial charge in [-0.15, -0.1) is 0 Å². The number of carboxylic acid groups (broad SMARTS) is 1. The molecule has 0 spiro atoms. The van der Waals surface area contributed by atoms with Crippen molar-refractivity contribution in [3.8, 4) is 11.5 Å². The largest absolute Gasteiger partial charge is 0.478 e. The van der Waals surface area contributed by atoms with Crippen molar-refractivity contribution in [2.24, 2.45) is 0 Å². The van der Waals surface area contributed by atoms with Gasteiger partial charge < -0.3 is 9.84 Å². The molecule has 0 bridgehead atoms. The third-order valence-corrected chi connectivity index (χ3v) is 2.02. The van der Waals surface area contributed by atoms with Crippen molar-refractivity contribution in [3.63, 3.8) is 0 Å². The van der Waals surface area contributed by atoms with Crippen LogP contribution in [0.3, 0.4) is 0 Å². The van der Waals surface area contributed by atoms with Crippen molar-refractivity contribution >= 4 is 12.0 Å². The van der Waals surface area contributed by atoms with Crippen LogP contribution in [0.5, 0.6) is 11.5 Å². The van der Waals surface area contributed by atoms with E-state index in [4.69, 9.17) is 9.84 Å². The molecule has 0 saturated carbocycles. The van der Waals surface area contributed by atoms with Gasteiger partial charge in [0.1, 0.15) is 11.5 Å². The highest BCUT2D eigenvalue weighted by molar-refractivity contribution is 5.85. The van der Waals surface area contributed by atoms with Crippen LogP contribution in [-0.2, 0) is 4.79 Å². The molecule has 0 unspecified atom stereocenters. The molecule has 1 N–H and O–H groups in total. The van der Waals surface area contributed by atoms with E-state index in [-0.39, 0.29) is 0 Å². The Morgan fingerprint density at radius 1 is 1.22 bits per heavy atom. The fourth-order valence-corrected chi connectivity index (χ4v) is 1.29. The zero-order chi connectivity index (χ0) is 12.8. The minimum absolute atomic E-state index is 0.524. The second kappa shape index (κ2) is 5.58. The first-order valence-electron chi connectivity index (χ1n) is 5.18. The molecule has 2 aromatic heterocycles. The minimum atomic E-state index is -1.01. The maximum absolute atomic E-state index is 10.4. The number of hydrogen-bond acceptors (Lipinski definition) is 4. The van der Waals surface area contributed by atoms with Crippen LogP contribution < -0.4 is 4.74 Å². The van der Waals surface area contributed by atoms with Crippen LogP contribution in [0.2, 0.25) is 0 Å². The number of rotatable bonds is 4. The maximum atomic E-state index is 10.4. The molecule has 2 aromatic rings. The van der Waals surface area contributed by atoms with Crippen LogP contribution >= 0.6 is 0 Å². The van der Waals surface area contributed by atoms with E-state index in [9.17, 15) is 4.79 Å². The first-order chi connectivity index (χ1) is 8.74. The minimum Gasteiger partial charge on any atom is -0.478 e. The summed E-state index contributed by atoms with van der Waals surface area (Å²) in [5, 5.41) is 8.53. The fraction of sp³-hybridized carbons (Fsp3) is 0. The monoisotopic (exact) mass is 242 g/mol. The predicted octanol–water partition coefficient (Wildman–Crippen LogP) is 2.37. The van der Waals surface area contributed by atoms with E-state index in [1.54, 1.807) is 43.0 Å². The van der Waals surface area contributed by atoms with Crippen molar-refractivity contribution in [2.75, 3.05) is 0 Å². The van der Waals surface area contributed by atoms with Crippen LogP contribution in [0.4, 0.5) is 0 Å². The molecule has 0 atom stereocenters. The molecule has 18 heavy (non-hydrogen) atoms. The molecule has 0 aromatic carbocycles. The lowest BCUT2D eigenvalue weighted by molar-refractivity contribution is -0.131. The average Bonchev–Trinajstić information content (AvgIpc) is 2.38. The van der Waals surface area contributed by atoms with Gasteiger partial charge in [0.2, 0.25) is 0 Å². The van der Waals surface area contributed by atoms with Crippen molar-refractivity contribution < 1.29 is 14.6 Å². The van der Waals surface area contributed by atoms with Gasteiger partial charge in [0.15, 0.2) is 0 Å². The van der Waals surface area contributed by atoms with Crippen LogP contribution in [0, 0.1) is 0 Å². The topological polar surface area (TPSA) is 72.3 Å². The number of hydrogen-bond donors (Lipinski definition) is 1. The summed E-state index contributed by atoms with van der Waals surface area (Å²) < 4.78 is 5.52. The summed E-state index contributed by atoms with van der Waals surface area (Å²) in [7, 11) is 0. The van der Waals surface area contributed by atoms with Gasteiger partial charge >= 0.3 is 5.97 Å². The Morgan fingerprint density at radius 2 is 2.06 bits per heavy atom. The smallest absolute Gasteiger partial charge is 0.328 e. The van der Waals surface area contributed by atoms with E-state index in [1.807, 2.05) is 0 Å². The maximum Gasteiger partial charge on any atom is 0.328 e. The second-order valence-electron chi connectivity index (χ2n) is 3.42. The normalized spacial score (nSPS) is 10.4. The number of aromatic nitrogens is 2. The van der Waals surface area contributed by atoms with E-state index in [0.29, 0.717) is 17.1 Å². The number of carboxylic acids is 1. The Kier molecular flexibility index (Phi) is 3.66. The molecule has 2 rings (SSSR count). The summed E-state index contributed by atoms with van der Waals surface area (Å²) in [6.45, 7) is 0. The van der Waals surface area contributed by atoms with Gasteiger partial charge in [0, 0.05) is 18.5 Å². The average molecular weight is 242 g/mol. The molecule has 0 aliphatic heterocycles. The Morgan fingerprint density at radius 3 is 2.78 bits per heavy atom. The zero-order valence-electron chi connectivity index (χ0n) is 9.35. The quantitative estimate of drug-likeness (QED) is 0.833. The Balaban J connectivity index is 2.15. The predicted molar refractivity (Wildman–Crippen MR) is 65.2 cm³/mol. The van der Waals surface area contributed by atoms with E-state index in [2.05, 4.69) is 9.97 Å². The van der Waals surface area contributed by atoms with Gasteiger partial charge in [0.25, 0.3) is 0 Å². The molecule has 0 aliphatic rings. The van der Waals surface area contributed by atoms with Crippen LogP contribution in [-0.4, -0.2) is 21.0 Å². The summed E-state index contributed by atoms with van der Waals surface area (Å²) >= 11 is 0. The van der Waals surface area contributed by atoms with Crippen molar-refractivity contribution in [1.29, 1.82) is 0 Å². The van der Waals surface area contributed by atoms with Crippen molar-refractivity contribution in [2.45, 2.75) is 0 Å². The number of pyridine rings is 2. The summed E-state index contributed by atoms with van der Waals surface area (Å²) in [6.07, 6.45) is 8.83. The van der Waals surface area contributed by atoms with Gasteiger partial charge in [-0.05, 0) is 29.8 Å². The molecule has 0 saturated heterocycles. The zero-order valence-corrected chi connectivity index (χ0v) is 9.35. The lowest BCUT2D eigenvalue weighted by Gasteiger charge is -2.04. The second-order valence-corrected chi connectivity index (χ2v) is 3.42. The number of ether oxygens (including phenoxy) is 1. The Bertz CT molecular complexity index is 567. The highest BCUT2D eigenvalue weighted by Crippen LogP contribution is 2.20.